The highest BCUT2D eigenvalue weighted by Crippen LogP contribution is 2.29. The first kappa shape index (κ1) is 14.1. The summed E-state index contributed by atoms with van der Waals surface area (Å²) in [6.07, 6.45) is 1.29. The Kier molecular flexibility index (Phi) is 5.59. The van der Waals surface area contributed by atoms with Crippen molar-refractivity contribution in [2.75, 3.05) is 26.0 Å². The van der Waals surface area contributed by atoms with Crippen LogP contribution in [-0.4, -0.2) is 31.4 Å². The van der Waals surface area contributed by atoms with Crippen LogP contribution in [0.4, 0.5) is 5.69 Å². The monoisotopic (exact) mass is 274 g/mol. The van der Waals surface area contributed by atoms with Crippen molar-refractivity contribution in [1.82, 2.24) is 4.90 Å². The SMILES string of the molecule is CN(C)C(=O)CCCNc1cccc(Cl)c1Cl. The van der Waals surface area contributed by atoms with Crippen LogP contribution in [0.25, 0.3) is 0 Å². The van der Waals surface area contributed by atoms with Gasteiger partial charge in [-0.1, -0.05) is 29.3 Å². The molecule has 0 radical (unpaired) electrons. The van der Waals surface area contributed by atoms with Crippen LogP contribution in [0.15, 0.2) is 18.2 Å². The van der Waals surface area contributed by atoms with Gasteiger partial charge in [0.25, 0.3) is 0 Å². The van der Waals surface area contributed by atoms with E-state index in [0.29, 0.717) is 23.0 Å². The zero-order valence-corrected chi connectivity index (χ0v) is 11.5. The fraction of sp³-hybridized carbons (Fsp3) is 0.417. The molecule has 0 aliphatic heterocycles. The van der Waals surface area contributed by atoms with Gasteiger partial charge in [0.1, 0.15) is 0 Å². The average molecular weight is 275 g/mol. The molecule has 0 unspecified atom stereocenters. The Morgan fingerprint density at radius 1 is 1.35 bits per heavy atom. The predicted octanol–water partition coefficient (Wildman–Crippen LogP) is 3.27. The molecular weight excluding hydrogens is 259 g/mol. The van der Waals surface area contributed by atoms with Gasteiger partial charge in [0, 0.05) is 27.1 Å². The number of hydrogen-bond donors (Lipinski definition) is 1. The first-order valence-corrected chi connectivity index (χ1v) is 6.16. The number of rotatable bonds is 5. The maximum absolute atomic E-state index is 11.3. The van der Waals surface area contributed by atoms with E-state index in [1.165, 1.54) is 0 Å². The smallest absolute Gasteiger partial charge is 0.222 e. The van der Waals surface area contributed by atoms with Crippen molar-refractivity contribution in [3.05, 3.63) is 28.2 Å². The van der Waals surface area contributed by atoms with Crippen LogP contribution in [0.3, 0.4) is 0 Å². The molecular formula is C12H16Cl2N2O. The molecule has 1 amide bonds. The summed E-state index contributed by atoms with van der Waals surface area (Å²) in [4.78, 5) is 12.9. The van der Waals surface area contributed by atoms with Crippen molar-refractivity contribution in [1.29, 1.82) is 0 Å². The summed E-state index contributed by atoms with van der Waals surface area (Å²) in [5.41, 5.74) is 0.802. The van der Waals surface area contributed by atoms with Gasteiger partial charge in [0.15, 0.2) is 0 Å². The minimum absolute atomic E-state index is 0.129. The molecule has 0 spiro atoms. The summed E-state index contributed by atoms with van der Waals surface area (Å²) in [5, 5.41) is 4.21. The molecule has 3 nitrogen and oxygen atoms in total. The molecule has 5 heteroatoms. The first-order chi connectivity index (χ1) is 8.02. The molecule has 0 bridgehead atoms. The molecule has 0 aliphatic rings. The van der Waals surface area contributed by atoms with Gasteiger partial charge in [-0.15, -0.1) is 0 Å². The maximum Gasteiger partial charge on any atom is 0.222 e. The highest BCUT2D eigenvalue weighted by atomic mass is 35.5. The van der Waals surface area contributed by atoms with Crippen LogP contribution in [0.5, 0.6) is 0 Å². The fourth-order valence-corrected chi connectivity index (χ4v) is 1.69. The second-order valence-electron chi connectivity index (χ2n) is 3.92. The van der Waals surface area contributed by atoms with Gasteiger partial charge >= 0.3 is 0 Å². The topological polar surface area (TPSA) is 32.3 Å². The molecule has 0 atom stereocenters. The summed E-state index contributed by atoms with van der Waals surface area (Å²) in [7, 11) is 3.51. The average Bonchev–Trinajstić information content (AvgIpc) is 2.29. The second-order valence-corrected chi connectivity index (χ2v) is 4.71. The first-order valence-electron chi connectivity index (χ1n) is 5.40. The molecule has 1 aromatic rings. The molecule has 0 saturated heterocycles. The van der Waals surface area contributed by atoms with Crippen LogP contribution in [0, 0.1) is 0 Å². The highest BCUT2D eigenvalue weighted by Gasteiger charge is 2.05. The van der Waals surface area contributed by atoms with E-state index >= 15 is 0 Å². The van der Waals surface area contributed by atoms with E-state index in [9.17, 15) is 4.79 Å². The van der Waals surface area contributed by atoms with Crippen LogP contribution in [0.2, 0.25) is 10.0 Å². The molecule has 0 heterocycles. The zero-order valence-electron chi connectivity index (χ0n) is 9.96. The van der Waals surface area contributed by atoms with Crippen molar-refractivity contribution in [3.63, 3.8) is 0 Å². The van der Waals surface area contributed by atoms with E-state index in [0.717, 1.165) is 12.1 Å². The molecule has 1 aromatic carbocycles. The highest BCUT2D eigenvalue weighted by molar-refractivity contribution is 6.43. The lowest BCUT2D eigenvalue weighted by molar-refractivity contribution is -0.128. The second kappa shape index (κ2) is 6.72. The Balaban J connectivity index is 2.36. The molecule has 0 aliphatic carbocycles. The largest absolute Gasteiger partial charge is 0.384 e. The van der Waals surface area contributed by atoms with E-state index in [-0.39, 0.29) is 5.91 Å². The van der Waals surface area contributed by atoms with Crippen molar-refractivity contribution < 1.29 is 4.79 Å². The van der Waals surface area contributed by atoms with E-state index in [4.69, 9.17) is 23.2 Å². The standard InChI is InChI=1S/C12H16Cl2N2O/c1-16(2)11(17)7-4-8-15-10-6-3-5-9(13)12(10)14/h3,5-6,15H,4,7-8H2,1-2H3. The van der Waals surface area contributed by atoms with Crippen molar-refractivity contribution in [3.8, 4) is 0 Å². The number of amides is 1. The Bertz CT molecular complexity index is 394. The lowest BCUT2D eigenvalue weighted by Crippen LogP contribution is -2.22. The van der Waals surface area contributed by atoms with E-state index in [1.54, 1.807) is 25.1 Å². The van der Waals surface area contributed by atoms with Crippen molar-refractivity contribution in [2.45, 2.75) is 12.8 Å². The molecule has 1 rings (SSSR count). The van der Waals surface area contributed by atoms with Gasteiger partial charge in [-0.2, -0.15) is 0 Å². The molecule has 0 fully saturated rings. The summed E-state index contributed by atoms with van der Waals surface area (Å²) >= 11 is 11.9. The molecule has 0 aromatic heterocycles. The number of anilines is 1. The summed E-state index contributed by atoms with van der Waals surface area (Å²) in [5.74, 6) is 0.129. The third-order valence-electron chi connectivity index (χ3n) is 2.33. The van der Waals surface area contributed by atoms with Crippen LogP contribution >= 0.6 is 23.2 Å². The van der Waals surface area contributed by atoms with Crippen LogP contribution in [0.1, 0.15) is 12.8 Å². The van der Waals surface area contributed by atoms with Gasteiger partial charge in [0.2, 0.25) is 5.91 Å². The Morgan fingerprint density at radius 3 is 2.71 bits per heavy atom. The van der Waals surface area contributed by atoms with Gasteiger partial charge in [-0.25, -0.2) is 0 Å². The fourth-order valence-electron chi connectivity index (χ4n) is 1.33. The van der Waals surface area contributed by atoms with Crippen LogP contribution < -0.4 is 5.32 Å². The van der Waals surface area contributed by atoms with Gasteiger partial charge in [0.05, 0.1) is 15.7 Å². The molecule has 17 heavy (non-hydrogen) atoms. The number of hydrogen-bond acceptors (Lipinski definition) is 2. The summed E-state index contributed by atoms with van der Waals surface area (Å²) in [6, 6.07) is 5.44. The van der Waals surface area contributed by atoms with Gasteiger partial charge in [-0.3, -0.25) is 4.79 Å². The minimum atomic E-state index is 0.129. The lowest BCUT2D eigenvalue weighted by atomic mass is 10.2. The van der Waals surface area contributed by atoms with Crippen molar-refractivity contribution >= 4 is 34.8 Å². The zero-order chi connectivity index (χ0) is 12.8. The number of carbonyl (C=O) groups is 1. The normalized spacial score (nSPS) is 10.1. The molecule has 0 saturated carbocycles. The number of nitrogens with one attached hydrogen (secondary N) is 1. The Morgan fingerprint density at radius 2 is 2.06 bits per heavy atom. The van der Waals surface area contributed by atoms with E-state index < -0.39 is 0 Å². The number of nitrogens with zero attached hydrogens (tertiary/aromatic N) is 1. The van der Waals surface area contributed by atoms with E-state index in [1.807, 2.05) is 12.1 Å². The predicted molar refractivity (Wildman–Crippen MR) is 72.9 cm³/mol. The third-order valence-corrected chi connectivity index (χ3v) is 3.15. The van der Waals surface area contributed by atoms with E-state index in [2.05, 4.69) is 5.32 Å². The molecule has 94 valence electrons. The lowest BCUT2D eigenvalue weighted by Gasteiger charge is -2.11. The molecule has 1 N–H and O–H groups in total. The number of benzene rings is 1. The van der Waals surface area contributed by atoms with Gasteiger partial charge < -0.3 is 10.2 Å². The van der Waals surface area contributed by atoms with Crippen molar-refractivity contribution in [2.24, 2.45) is 0 Å². The number of carbonyl (C=O) groups excluding carboxylic acids is 1. The Hall–Kier alpha value is -0.930. The number of halogens is 2. The summed E-state index contributed by atoms with van der Waals surface area (Å²) in [6.45, 7) is 0.694. The third kappa shape index (κ3) is 4.44. The quantitative estimate of drug-likeness (QED) is 0.836. The van der Waals surface area contributed by atoms with Crippen LogP contribution in [-0.2, 0) is 4.79 Å². The minimum Gasteiger partial charge on any atom is -0.384 e. The Labute approximate surface area is 112 Å². The summed E-state index contributed by atoms with van der Waals surface area (Å²) < 4.78 is 0. The maximum atomic E-state index is 11.3. The van der Waals surface area contributed by atoms with Gasteiger partial charge in [-0.05, 0) is 18.6 Å².